The maximum Gasteiger partial charge on any atom is 0.338 e. The Morgan fingerprint density at radius 2 is 1.31 bits per heavy atom. The topological polar surface area (TPSA) is 52.6 Å². The highest BCUT2D eigenvalue weighted by Gasteiger charge is 2.21. The third-order valence-corrected chi connectivity index (χ3v) is 4.72. The number of ether oxygens (including phenoxy) is 2. The van der Waals surface area contributed by atoms with Crippen LogP contribution in [0.4, 0.5) is 0 Å². The summed E-state index contributed by atoms with van der Waals surface area (Å²) in [5, 5.41) is 0. The number of hydrogen-bond acceptors (Lipinski definition) is 4. The zero-order valence-corrected chi connectivity index (χ0v) is 17.6. The predicted octanol–water partition coefficient (Wildman–Crippen LogP) is 5.62. The largest absolute Gasteiger partial charge is 0.462 e. The molecule has 0 unspecified atom stereocenters. The summed E-state index contributed by atoms with van der Waals surface area (Å²) in [6, 6.07) is 15.7. The third kappa shape index (κ3) is 6.18. The van der Waals surface area contributed by atoms with Gasteiger partial charge in [-0.05, 0) is 54.5 Å². The van der Waals surface area contributed by atoms with Crippen molar-refractivity contribution in [3.63, 3.8) is 0 Å². The van der Waals surface area contributed by atoms with E-state index in [4.69, 9.17) is 9.47 Å². The molecule has 152 valence electrons. The van der Waals surface area contributed by atoms with Crippen molar-refractivity contribution in [2.75, 3.05) is 6.61 Å². The van der Waals surface area contributed by atoms with Crippen LogP contribution in [0.15, 0.2) is 72.8 Å². The zero-order chi connectivity index (χ0) is 21.6. The van der Waals surface area contributed by atoms with E-state index < -0.39 is 5.97 Å². The Morgan fingerprint density at radius 3 is 1.79 bits per heavy atom. The van der Waals surface area contributed by atoms with Gasteiger partial charge < -0.3 is 9.47 Å². The van der Waals surface area contributed by atoms with Gasteiger partial charge in [-0.25, -0.2) is 9.59 Å². The molecule has 0 radical (unpaired) electrons. The first-order valence-corrected chi connectivity index (χ1v) is 9.51. The fourth-order valence-electron chi connectivity index (χ4n) is 2.69. The first kappa shape index (κ1) is 22.2. The van der Waals surface area contributed by atoms with Crippen LogP contribution in [0.2, 0.25) is 0 Å². The molecule has 0 aliphatic heterocycles. The SMILES string of the molecule is C=C(C)C(=O)OCCC(C)(C)c1ccc(-c2ccc(OC(=O)C(=C)C)cc2)cc1. The molecule has 0 N–H and O–H groups in total. The molecule has 0 aliphatic rings. The van der Waals surface area contributed by atoms with Gasteiger partial charge in [0.2, 0.25) is 0 Å². The van der Waals surface area contributed by atoms with E-state index in [1.54, 1.807) is 26.0 Å². The Labute approximate surface area is 172 Å². The number of hydrogen-bond donors (Lipinski definition) is 0. The molecule has 4 heteroatoms. The van der Waals surface area contributed by atoms with Gasteiger partial charge in [0.25, 0.3) is 0 Å². The summed E-state index contributed by atoms with van der Waals surface area (Å²) in [6.07, 6.45) is 0.716. The van der Waals surface area contributed by atoms with Gasteiger partial charge in [0.1, 0.15) is 5.75 Å². The van der Waals surface area contributed by atoms with Crippen LogP contribution in [0.3, 0.4) is 0 Å². The Balaban J connectivity index is 2.03. The van der Waals surface area contributed by atoms with E-state index in [-0.39, 0.29) is 11.4 Å². The number of benzene rings is 2. The predicted molar refractivity (Wildman–Crippen MR) is 116 cm³/mol. The molecule has 0 saturated carbocycles. The highest BCUT2D eigenvalue weighted by molar-refractivity contribution is 5.88. The average Bonchev–Trinajstić information content (AvgIpc) is 2.68. The van der Waals surface area contributed by atoms with Crippen LogP contribution in [0, 0.1) is 0 Å². The van der Waals surface area contributed by atoms with Gasteiger partial charge in [0.15, 0.2) is 0 Å². The number of esters is 2. The van der Waals surface area contributed by atoms with E-state index in [1.807, 2.05) is 12.1 Å². The molecule has 0 bridgehead atoms. The summed E-state index contributed by atoms with van der Waals surface area (Å²) in [5.41, 5.74) is 3.90. The van der Waals surface area contributed by atoms with Crippen molar-refractivity contribution in [2.24, 2.45) is 0 Å². The number of carbonyl (C=O) groups excluding carboxylic acids is 2. The van der Waals surface area contributed by atoms with E-state index >= 15 is 0 Å². The Hall–Kier alpha value is -3.14. The van der Waals surface area contributed by atoms with E-state index in [9.17, 15) is 9.59 Å². The van der Waals surface area contributed by atoms with Crippen LogP contribution in [0.5, 0.6) is 5.75 Å². The van der Waals surface area contributed by atoms with Crippen molar-refractivity contribution in [1.29, 1.82) is 0 Å². The zero-order valence-electron chi connectivity index (χ0n) is 17.6. The summed E-state index contributed by atoms with van der Waals surface area (Å²) < 4.78 is 10.4. The molecule has 0 heterocycles. The fourth-order valence-corrected chi connectivity index (χ4v) is 2.69. The maximum atomic E-state index is 11.6. The first-order valence-electron chi connectivity index (χ1n) is 9.51. The van der Waals surface area contributed by atoms with E-state index in [1.165, 1.54) is 5.56 Å². The maximum absolute atomic E-state index is 11.6. The molecular weight excluding hydrogens is 364 g/mol. The normalized spacial score (nSPS) is 10.9. The standard InChI is InChI=1S/C25H28O4/c1-17(2)23(26)28-16-15-25(5,6)21-11-7-19(8-12-21)20-9-13-22(14-10-20)29-24(27)18(3)4/h7-14H,1,3,15-16H2,2,4-6H3. The van der Waals surface area contributed by atoms with Gasteiger partial charge in [0.05, 0.1) is 6.61 Å². The van der Waals surface area contributed by atoms with Crippen LogP contribution in [0.1, 0.15) is 39.7 Å². The molecule has 0 aromatic heterocycles. The van der Waals surface area contributed by atoms with E-state index in [2.05, 4.69) is 51.3 Å². The minimum atomic E-state index is -0.432. The van der Waals surface area contributed by atoms with Crippen LogP contribution < -0.4 is 4.74 Å². The Kier molecular flexibility index (Phi) is 7.16. The van der Waals surface area contributed by atoms with Gasteiger partial charge in [-0.3, -0.25) is 0 Å². The molecule has 0 saturated heterocycles. The highest BCUT2D eigenvalue weighted by atomic mass is 16.5. The molecule has 0 atom stereocenters. The smallest absolute Gasteiger partial charge is 0.338 e. The van der Waals surface area contributed by atoms with Crippen LogP contribution in [-0.4, -0.2) is 18.5 Å². The summed E-state index contributed by atoms with van der Waals surface area (Å²) in [4.78, 5) is 23.1. The van der Waals surface area contributed by atoms with Crippen molar-refractivity contribution in [1.82, 2.24) is 0 Å². The lowest BCUT2D eigenvalue weighted by Gasteiger charge is -2.25. The molecular formula is C25H28O4. The van der Waals surface area contributed by atoms with E-state index in [0.29, 0.717) is 29.9 Å². The third-order valence-electron chi connectivity index (χ3n) is 4.72. The number of rotatable bonds is 8. The summed E-state index contributed by atoms with van der Waals surface area (Å²) in [7, 11) is 0. The summed E-state index contributed by atoms with van der Waals surface area (Å²) in [5.74, 6) is -0.296. The van der Waals surface area contributed by atoms with Gasteiger partial charge in [-0.15, -0.1) is 0 Å². The van der Waals surface area contributed by atoms with Gasteiger partial charge >= 0.3 is 11.9 Å². The van der Waals surface area contributed by atoms with Gasteiger partial charge in [-0.1, -0.05) is 63.4 Å². The quantitative estimate of drug-likeness (QED) is 0.332. The Morgan fingerprint density at radius 1 is 0.828 bits per heavy atom. The molecule has 2 aromatic carbocycles. The lowest BCUT2D eigenvalue weighted by Crippen LogP contribution is -2.21. The first-order chi connectivity index (χ1) is 13.6. The molecule has 0 spiro atoms. The van der Waals surface area contributed by atoms with Crippen molar-refractivity contribution in [3.05, 3.63) is 78.4 Å². The summed E-state index contributed by atoms with van der Waals surface area (Å²) in [6.45, 7) is 15.0. The average molecular weight is 392 g/mol. The van der Waals surface area contributed by atoms with Crippen LogP contribution >= 0.6 is 0 Å². The molecule has 4 nitrogen and oxygen atoms in total. The van der Waals surface area contributed by atoms with Crippen molar-refractivity contribution >= 4 is 11.9 Å². The van der Waals surface area contributed by atoms with Crippen molar-refractivity contribution in [2.45, 2.75) is 39.5 Å². The van der Waals surface area contributed by atoms with Crippen LogP contribution in [0.25, 0.3) is 11.1 Å². The van der Waals surface area contributed by atoms with E-state index in [0.717, 1.165) is 11.1 Å². The molecule has 0 fully saturated rings. The lowest BCUT2D eigenvalue weighted by molar-refractivity contribution is -0.139. The molecule has 2 aromatic rings. The highest BCUT2D eigenvalue weighted by Crippen LogP contribution is 2.30. The minimum absolute atomic E-state index is 0.130. The minimum Gasteiger partial charge on any atom is -0.462 e. The van der Waals surface area contributed by atoms with Crippen LogP contribution in [-0.2, 0) is 19.7 Å². The number of carbonyl (C=O) groups is 2. The summed E-state index contributed by atoms with van der Waals surface area (Å²) >= 11 is 0. The van der Waals surface area contributed by atoms with Crippen molar-refractivity contribution < 1.29 is 19.1 Å². The lowest BCUT2D eigenvalue weighted by atomic mass is 9.81. The molecule has 0 amide bonds. The molecule has 2 rings (SSSR count). The van der Waals surface area contributed by atoms with Gasteiger partial charge in [-0.2, -0.15) is 0 Å². The monoisotopic (exact) mass is 392 g/mol. The molecule has 29 heavy (non-hydrogen) atoms. The second-order valence-corrected chi connectivity index (χ2v) is 7.82. The second-order valence-electron chi connectivity index (χ2n) is 7.82. The Bertz CT molecular complexity index is 903. The van der Waals surface area contributed by atoms with Gasteiger partial charge in [0, 0.05) is 11.1 Å². The molecule has 0 aliphatic carbocycles. The second kappa shape index (κ2) is 9.37. The fraction of sp³-hybridized carbons (Fsp3) is 0.280. The van der Waals surface area contributed by atoms with Crippen molar-refractivity contribution in [3.8, 4) is 16.9 Å².